The maximum absolute atomic E-state index is 10.1. The van der Waals surface area contributed by atoms with Crippen LogP contribution in [0.1, 0.15) is 33.3 Å². The highest BCUT2D eigenvalue weighted by Crippen LogP contribution is 2.24. The normalized spacial score (nSPS) is 12.9. The Balaban J connectivity index is 2.54. The Morgan fingerprint density at radius 1 is 1.24 bits per heavy atom. The maximum atomic E-state index is 10.1. The van der Waals surface area contributed by atoms with E-state index in [1.54, 1.807) is 6.92 Å². The monoisotopic (exact) mass is 236 g/mol. The van der Waals surface area contributed by atoms with Crippen molar-refractivity contribution in [3.63, 3.8) is 0 Å². The highest BCUT2D eigenvalue weighted by Gasteiger charge is 2.13. The van der Waals surface area contributed by atoms with Crippen molar-refractivity contribution in [1.82, 2.24) is 0 Å². The molecule has 0 bridgehead atoms. The fourth-order valence-corrected chi connectivity index (χ4v) is 1.40. The van der Waals surface area contributed by atoms with E-state index in [9.17, 15) is 4.79 Å². The van der Waals surface area contributed by atoms with E-state index in [2.05, 4.69) is 32.9 Å². The first kappa shape index (κ1) is 13.6. The van der Waals surface area contributed by atoms with E-state index in [0.717, 1.165) is 5.75 Å². The van der Waals surface area contributed by atoms with E-state index < -0.39 is 0 Å². The molecule has 0 spiro atoms. The van der Waals surface area contributed by atoms with Crippen molar-refractivity contribution < 1.29 is 14.3 Å². The SMILES string of the molecule is C[C@H](COc1ccc(C(C)(C)C)cc1)OC=O. The minimum atomic E-state index is -0.227. The van der Waals surface area contributed by atoms with Crippen molar-refractivity contribution in [2.75, 3.05) is 6.61 Å². The third-order valence-electron chi connectivity index (χ3n) is 2.49. The summed E-state index contributed by atoms with van der Waals surface area (Å²) in [4.78, 5) is 10.1. The van der Waals surface area contributed by atoms with Gasteiger partial charge in [0, 0.05) is 0 Å². The minimum Gasteiger partial charge on any atom is -0.490 e. The van der Waals surface area contributed by atoms with Gasteiger partial charge in [-0.25, -0.2) is 0 Å². The Hall–Kier alpha value is -1.51. The molecule has 0 aliphatic heterocycles. The van der Waals surface area contributed by atoms with Gasteiger partial charge in [-0.2, -0.15) is 0 Å². The second kappa shape index (κ2) is 5.71. The first-order valence-corrected chi connectivity index (χ1v) is 5.76. The predicted octanol–water partition coefficient (Wildman–Crippen LogP) is 2.92. The Bertz CT molecular complexity index is 349. The molecule has 0 saturated heterocycles. The largest absolute Gasteiger partial charge is 0.490 e. The molecule has 0 unspecified atom stereocenters. The van der Waals surface area contributed by atoms with Crippen LogP contribution in [0.5, 0.6) is 5.75 Å². The van der Waals surface area contributed by atoms with Gasteiger partial charge in [-0.05, 0) is 30.0 Å². The summed E-state index contributed by atoms with van der Waals surface area (Å²) >= 11 is 0. The van der Waals surface area contributed by atoms with E-state index >= 15 is 0 Å². The molecular weight excluding hydrogens is 216 g/mol. The molecule has 0 saturated carbocycles. The van der Waals surface area contributed by atoms with Crippen LogP contribution in [-0.2, 0) is 14.9 Å². The molecule has 0 aliphatic rings. The fourth-order valence-electron chi connectivity index (χ4n) is 1.40. The van der Waals surface area contributed by atoms with Gasteiger partial charge in [0.25, 0.3) is 6.47 Å². The number of benzene rings is 1. The van der Waals surface area contributed by atoms with E-state index in [0.29, 0.717) is 13.1 Å². The molecule has 0 aliphatic carbocycles. The molecule has 1 rings (SSSR count). The molecule has 1 aromatic rings. The summed E-state index contributed by atoms with van der Waals surface area (Å²) < 4.78 is 10.2. The molecule has 94 valence electrons. The number of carbonyl (C=O) groups is 1. The van der Waals surface area contributed by atoms with Crippen LogP contribution in [0, 0.1) is 0 Å². The number of rotatable bonds is 5. The molecule has 0 heterocycles. The van der Waals surface area contributed by atoms with Gasteiger partial charge in [-0.1, -0.05) is 32.9 Å². The van der Waals surface area contributed by atoms with Crippen LogP contribution in [0.4, 0.5) is 0 Å². The smallest absolute Gasteiger partial charge is 0.293 e. The zero-order valence-electron chi connectivity index (χ0n) is 10.9. The summed E-state index contributed by atoms with van der Waals surface area (Å²) in [5, 5.41) is 0. The summed E-state index contributed by atoms with van der Waals surface area (Å²) in [6.07, 6.45) is -0.227. The van der Waals surface area contributed by atoms with Crippen LogP contribution in [0.2, 0.25) is 0 Å². The third kappa shape index (κ3) is 4.47. The molecular formula is C14H20O3. The van der Waals surface area contributed by atoms with Crippen LogP contribution >= 0.6 is 0 Å². The van der Waals surface area contributed by atoms with Gasteiger partial charge in [0.05, 0.1) is 0 Å². The summed E-state index contributed by atoms with van der Waals surface area (Å²) in [5.74, 6) is 0.791. The van der Waals surface area contributed by atoms with Gasteiger partial charge in [0.15, 0.2) is 0 Å². The highest BCUT2D eigenvalue weighted by atomic mass is 16.6. The molecule has 0 aromatic heterocycles. The van der Waals surface area contributed by atoms with E-state index in [1.807, 2.05) is 12.1 Å². The number of hydrogen-bond donors (Lipinski definition) is 0. The highest BCUT2D eigenvalue weighted by molar-refractivity contribution is 5.37. The van der Waals surface area contributed by atoms with Gasteiger partial charge in [0.2, 0.25) is 0 Å². The summed E-state index contributed by atoms with van der Waals surface area (Å²) in [5.41, 5.74) is 1.41. The number of hydrogen-bond acceptors (Lipinski definition) is 3. The van der Waals surface area contributed by atoms with Crippen molar-refractivity contribution in [3.05, 3.63) is 29.8 Å². The number of carbonyl (C=O) groups excluding carboxylic acids is 1. The van der Waals surface area contributed by atoms with Crippen LogP contribution < -0.4 is 4.74 Å². The molecule has 0 fully saturated rings. The van der Waals surface area contributed by atoms with Gasteiger partial charge < -0.3 is 9.47 Å². The molecule has 0 N–H and O–H groups in total. The van der Waals surface area contributed by atoms with Crippen molar-refractivity contribution in [2.45, 2.75) is 39.2 Å². The van der Waals surface area contributed by atoms with E-state index in [4.69, 9.17) is 9.47 Å². The zero-order valence-corrected chi connectivity index (χ0v) is 10.9. The topological polar surface area (TPSA) is 35.5 Å². The molecule has 0 radical (unpaired) electrons. The third-order valence-corrected chi connectivity index (χ3v) is 2.49. The fraction of sp³-hybridized carbons (Fsp3) is 0.500. The van der Waals surface area contributed by atoms with Crippen LogP contribution in [0.15, 0.2) is 24.3 Å². The molecule has 1 aromatic carbocycles. The average Bonchev–Trinajstić information content (AvgIpc) is 2.26. The van der Waals surface area contributed by atoms with Crippen molar-refractivity contribution >= 4 is 6.47 Å². The van der Waals surface area contributed by atoms with Crippen molar-refractivity contribution in [1.29, 1.82) is 0 Å². The molecule has 0 amide bonds. The summed E-state index contributed by atoms with van der Waals surface area (Å²) in [6.45, 7) is 9.11. The van der Waals surface area contributed by atoms with Crippen LogP contribution in [0.25, 0.3) is 0 Å². The van der Waals surface area contributed by atoms with Crippen LogP contribution in [0.3, 0.4) is 0 Å². The molecule has 1 atom stereocenters. The van der Waals surface area contributed by atoms with Gasteiger partial charge in [-0.15, -0.1) is 0 Å². The lowest BCUT2D eigenvalue weighted by Gasteiger charge is -2.19. The second-order valence-corrected chi connectivity index (χ2v) is 5.13. The molecule has 3 nitrogen and oxygen atoms in total. The van der Waals surface area contributed by atoms with Crippen LogP contribution in [-0.4, -0.2) is 19.2 Å². The summed E-state index contributed by atoms with van der Waals surface area (Å²) in [7, 11) is 0. The van der Waals surface area contributed by atoms with E-state index in [-0.39, 0.29) is 11.5 Å². The summed E-state index contributed by atoms with van der Waals surface area (Å²) in [6, 6.07) is 7.99. The Morgan fingerprint density at radius 2 is 1.82 bits per heavy atom. The van der Waals surface area contributed by atoms with Gasteiger partial charge in [0.1, 0.15) is 18.5 Å². The lowest BCUT2D eigenvalue weighted by atomic mass is 9.87. The Kier molecular flexibility index (Phi) is 4.55. The molecule has 3 heteroatoms. The minimum absolute atomic E-state index is 0.145. The quantitative estimate of drug-likeness (QED) is 0.737. The second-order valence-electron chi connectivity index (χ2n) is 5.13. The number of ether oxygens (including phenoxy) is 2. The van der Waals surface area contributed by atoms with Crippen molar-refractivity contribution in [2.24, 2.45) is 0 Å². The first-order valence-electron chi connectivity index (χ1n) is 5.76. The van der Waals surface area contributed by atoms with E-state index in [1.165, 1.54) is 5.56 Å². The van der Waals surface area contributed by atoms with Gasteiger partial charge in [-0.3, -0.25) is 4.79 Å². The predicted molar refractivity (Wildman–Crippen MR) is 67.2 cm³/mol. The Morgan fingerprint density at radius 3 is 2.29 bits per heavy atom. The Labute approximate surface area is 103 Å². The zero-order chi connectivity index (χ0) is 12.9. The average molecular weight is 236 g/mol. The first-order chi connectivity index (χ1) is 7.93. The lowest BCUT2D eigenvalue weighted by molar-refractivity contribution is -0.134. The van der Waals surface area contributed by atoms with Crippen molar-refractivity contribution in [3.8, 4) is 5.75 Å². The molecule has 17 heavy (non-hydrogen) atoms. The standard InChI is InChI=1S/C14H20O3/c1-11(17-10-15)9-16-13-7-5-12(6-8-13)14(2,3)4/h5-8,10-11H,9H2,1-4H3/t11-/m1/s1. The maximum Gasteiger partial charge on any atom is 0.293 e. The van der Waals surface area contributed by atoms with Gasteiger partial charge >= 0.3 is 0 Å². The lowest BCUT2D eigenvalue weighted by Crippen LogP contribution is -2.17.